The number of halogens is 2. The van der Waals surface area contributed by atoms with E-state index in [9.17, 15) is 18.4 Å². The van der Waals surface area contributed by atoms with E-state index in [1.54, 1.807) is 13.0 Å². The number of aromatic amines is 1. The van der Waals surface area contributed by atoms with Crippen LogP contribution in [-0.2, 0) is 4.79 Å². The number of benzene rings is 2. The summed E-state index contributed by atoms with van der Waals surface area (Å²) < 4.78 is 26.9. The molecule has 2 N–H and O–H groups in total. The van der Waals surface area contributed by atoms with Crippen LogP contribution in [-0.4, -0.2) is 21.6 Å². The van der Waals surface area contributed by atoms with Crippen LogP contribution in [0.2, 0.25) is 0 Å². The Hall–Kier alpha value is -2.74. The summed E-state index contributed by atoms with van der Waals surface area (Å²) in [6.45, 7) is 1.71. The highest BCUT2D eigenvalue weighted by atomic mass is 32.2. The van der Waals surface area contributed by atoms with Crippen molar-refractivity contribution < 1.29 is 13.6 Å². The van der Waals surface area contributed by atoms with E-state index >= 15 is 0 Å². The van der Waals surface area contributed by atoms with Gasteiger partial charge in [0.1, 0.15) is 17.2 Å². The van der Waals surface area contributed by atoms with Crippen molar-refractivity contribution >= 4 is 34.3 Å². The molecule has 0 saturated heterocycles. The summed E-state index contributed by atoms with van der Waals surface area (Å²) in [4.78, 5) is 30.8. The predicted molar refractivity (Wildman–Crippen MR) is 102 cm³/mol. The maximum atomic E-state index is 14.0. The molecule has 5 nitrogen and oxygen atoms in total. The van der Waals surface area contributed by atoms with E-state index in [1.165, 1.54) is 42.1 Å². The van der Waals surface area contributed by atoms with E-state index in [1.807, 2.05) is 0 Å². The third-order valence-electron chi connectivity index (χ3n) is 3.80. The van der Waals surface area contributed by atoms with E-state index in [4.69, 9.17) is 0 Å². The zero-order valence-electron chi connectivity index (χ0n) is 14.5. The van der Waals surface area contributed by atoms with Gasteiger partial charge in [-0.15, -0.1) is 0 Å². The molecule has 0 bridgehead atoms. The molecule has 1 heterocycles. The van der Waals surface area contributed by atoms with Crippen LogP contribution < -0.4 is 10.9 Å². The quantitative estimate of drug-likeness (QED) is 0.379. The monoisotopic (exact) mass is 389 g/mol. The van der Waals surface area contributed by atoms with E-state index in [0.29, 0.717) is 28.6 Å². The molecule has 27 heavy (non-hydrogen) atoms. The zero-order valence-corrected chi connectivity index (χ0v) is 15.3. The summed E-state index contributed by atoms with van der Waals surface area (Å²) in [5.41, 5.74) is 0.834. The molecule has 140 valence electrons. The molecule has 0 radical (unpaired) electrons. The molecule has 2 aromatic carbocycles. The fourth-order valence-electron chi connectivity index (χ4n) is 2.54. The summed E-state index contributed by atoms with van der Waals surface area (Å²) in [5.74, 6) is -0.563. The van der Waals surface area contributed by atoms with Gasteiger partial charge in [-0.3, -0.25) is 9.59 Å². The molecule has 8 heteroatoms. The number of amides is 1. The van der Waals surface area contributed by atoms with Crippen molar-refractivity contribution in [3.8, 4) is 0 Å². The first kappa shape index (κ1) is 19.0. The van der Waals surface area contributed by atoms with Gasteiger partial charge in [0, 0.05) is 17.9 Å². The summed E-state index contributed by atoms with van der Waals surface area (Å²) in [5, 5.41) is 3.21. The lowest BCUT2D eigenvalue weighted by atomic mass is 10.1. The fraction of sp³-hybridized carbons (Fsp3) is 0.211. The number of aryl methyl sites for hydroxylation is 1. The van der Waals surface area contributed by atoms with Crippen molar-refractivity contribution in [1.82, 2.24) is 9.97 Å². The summed E-state index contributed by atoms with van der Waals surface area (Å²) in [6.07, 6.45) is 0.797. The number of carbonyl (C=O) groups excluding carboxylic acids is 1. The molecular weight excluding hydrogens is 372 g/mol. The zero-order chi connectivity index (χ0) is 19.4. The minimum Gasteiger partial charge on any atom is -0.326 e. The van der Waals surface area contributed by atoms with Crippen molar-refractivity contribution in [1.29, 1.82) is 0 Å². The van der Waals surface area contributed by atoms with Crippen LogP contribution in [0.25, 0.3) is 10.9 Å². The summed E-state index contributed by atoms with van der Waals surface area (Å²) >= 11 is 1.25. The van der Waals surface area contributed by atoms with Gasteiger partial charge in [0.2, 0.25) is 5.91 Å². The van der Waals surface area contributed by atoms with Gasteiger partial charge in [-0.25, -0.2) is 13.8 Å². The van der Waals surface area contributed by atoms with E-state index in [0.717, 1.165) is 0 Å². The van der Waals surface area contributed by atoms with Crippen LogP contribution in [0.3, 0.4) is 0 Å². The maximum Gasteiger partial charge on any atom is 0.259 e. The Bertz CT molecular complexity index is 1040. The van der Waals surface area contributed by atoms with Crippen molar-refractivity contribution in [2.75, 3.05) is 11.1 Å². The first-order valence-electron chi connectivity index (χ1n) is 8.31. The number of carbonyl (C=O) groups is 1. The standard InChI is InChI=1S/C19H17F2N3O2S/c1-11-9-14-17(15(21)10-11)23-19(24-18(14)26)27-8-2-3-16(25)22-13-6-4-12(20)5-7-13/h4-7,9-10H,2-3,8H2,1H3,(H,22,25)(H,23,24,26). The summed E-state index contributed by atoms with van der Waals surface area (Å²) in [6, 6.07) is 8.45. The smallest absolute Gasteiger partial charge is 0.259 e. The minimum atomic E-state index is -0.531. The molecule has 0 aliphatic rings. The number of rotatable bonds is 6. The number of fused-ring (bicyclic) bond motifs is 1. The Balaban J connectivity index is 1.55. The molecule has 0 atom stereocenters. The van der Waals surface area contributed by atoms with Crippen LogP contribution >= 0.6 is 11.8 Å². The Morgan fingerprint density at radius 1 is 1.22 bits per heavy atom. The number of H-pyrrole nitrogens is 1. The number of hydrogen-bond donors (Lipinski definition) is 2. The molecule has 1 amide bonds. The molecule has 0 saturated carbocycles. The maximum absolute atomic E-state index is 14.0. The Kier molecular flexibility index (Phi) is 5.85. The number of thioether (sulfide) groups is 1. The number of hydrogen-bond acceptors (Lipinski definition) is 4. The first-order valence-corrected chi connectivity index (χ1v) is 9.29. The minimum absolute atomic E-state index is 0.0425. The van der Waals surface area contributed by atoms with E-state index < -0.39 is 5.82 Å². The lowest BCUT2D eigenvalue weighted by molar-refractivity contribution is -0.116. The van der Waals surface area contributed by atoms with Crippen LogP contribution in [0.15, 0.2) is 46.3 Å². The SMILES string of the molecule is Cc1cc(F)c2nc(SCCCC(=O)Nc3ccc(F)cc3)[nH]c(=O)c2c1. The van der Waals surface area contributed by atoms with Gasteiger partial charge in [-0.1, -0.05) is 11.8 Å². The predicted octanol–water partition coefficient (Wildman–Crippen LogP) is 4.02. The van der Waals surface area contributed by atoms with E-state index in [-0.39, 0.29) is 34.6 Å². The molecule has 3 rings (SSSR count). The lowest BCUT2D eigenvalue weighted by Crippen LogP contribution is -2.12. The van der Waals surface area contributed by atoms with Crippen molar-refractivity contribution in [3.05, 3.63) is 63.9 Å². The summed E-state index contributed by atoms with van der Waals surface area (Å²) in [7, 11) is 0. The van der Waals surface area contributed by atoms with Crippen molar-refractivity contribution in [2.24, 2.45) is 0 Å². The highest BCUT2D eigenvalue weighted by molar-refractivity contribution is 7.99. The number of nitrogens with one attached hydrogen (secondary N) is 2. The molecular formula is C19H17F2N3O2S. The molecule has 0 aliphatic carbocycles. The molecule has 3 aromatic rings. The molecule has 0 fully saturated rings. The first-order chi connectivity index (χ1) is 12.9. The van der Waals surface area contributed by atoms with Crippen LogP contribution in [0, 0.1) is 18.6 Å². The normalized spacial score (nSPS) is 10.9. The number of anilines is 1. The number of nitrogens with zero attached hydrogens (tertiary/aromatic N) is 1. The Morgan fingerprint density at radius 2 is 1.96 bits per heavy atom. The van der Waals surface area contributed by atoms with Gasteiger partial charge in [0.05, 0.1) is 5.39 Å². The second-order valence-corrected chi connectivity index (χ2v) is 7.10. The third kappa shape index (κ3) is 4.91. The Labute approximate surface area is 158 Å². The van der Waals surface area contributed by atoms with Gasteiger partial charge in [-0.2, -0.15) is 0 Å². The highest BCUT2D eigenvalue weighted by Crippen LogP contribution is 2.19. The molecule has 0 unspecified atom stereocenters. The molecule has 0 spiro atoms. The van der Waals surface area contributed by atoms with Crippen LogP contribution in [0.5, 0.6) is 0 Å². The van der Waals surface area contributed by atoms with Crippen molar-refractivity contribution in [3.63, 3.8) is 0 Å². The second-order valence-electron chi connectivity index (χ2n) is 6.02. The van der Waals surface area contributed by atoms with Crippen LogP contribution in [0.4, 0.5) is 14.5 Å². The van der Waals surface area contributed by atoms with Gasteiger partial charge in [-0.05, 0) is 55.3 Å². The van der Waals surface area contributed by atoms with Gasteiger partial charge >= 0.3 is 0 Å². The Morgan fingerprint density at radius 3 is 2.70 bits per heavy atom. The van der Waals surface area contributed by atoms with Gasteiger partial charge in [0.25, 0.3) is 5.56 Å². The van der Waals surface area contributed by atoms with Crippen molar-refractivity contribution in [2.45, 2.75) is 24.9 Å². The number of aromatic nitrogens is 2. The van der Waals surface area contributed by atoms with Crippen LogP contribution in [0.1, 0.15) is 18.4 Å². The van der Waals surface area contributed by atoms with Gasteiger partial charge < -0.3 is 10.3 Å². The topological polar surface area (TPSA) is 74.8 Å². The molecule has 1 aromatic heterocycles. The molecule has 0 aliphatic heterocycles. The third-order valence-corrected chi connectivity index (χ3v) is 4.76. The average Bonchev–Trinajstić information content (AvgIpc) is 2.62. The van der Waals surface area contributed by atoms with E-state index in [2.05, 4.69) is 15.3 Å². The second kappa shape index (κ2) is 8.30. The largest absolute Gasteiger partial charge is 0.326 e. The average molecular weight is 389 g/mol. The highest BCUT2D eigenvalue weighted by Gasteiger charge is 2.10. The lowest BCUT2D eigenvalue weighted by Gasteiger charge is -2.06. The fourth-order valence-corrected chi connectivity index (χ4v) is 3.34. The van der Waals surface area contributed by atoms with Gasteiger partial charge in [0.15, 0.2) is 5.16 Å².